The molecule has 1 aromatic heterocycles. The van der Waals surface area contributed by atoms with Crippen LogP contribution in [0.1, 0.15) is 36.6 Å². The number of nitrogens with two attached hydrogens (primary N) is 1. The molecule has 1 aliphatic rings. The fourth-order valence-electron chi connectivity index (χ4n) is 2.28. The standard InChI is InChI=1S/C12H18FN3/c1-8-5-7-16-12(14)10(8)11(13)9-4-2-3-6-15-9/h5,7,9,11,15H,2-4,6H2,1H3,(H2,14,16). The monoisotopic (exact) mass is 223 g/mol. The van der Waals surface area contributed by atoms with Gasteiger partial charge >= 0.3 is 0 Å². The zero-order valence-corrected chi connectivity index (χ0v) is 9.54. The van der Waals surface area contributed by atoms with Crippen LogP contribution in [0.15, 0.2) is 12.3 Å². The van der Waals surface area contributed by atoms with Crippen molar-refractivity contribution in [3.8, 4) is 0 Å². The highest BCUT2D eigenvalue weighted by molar-refractivity contribution is 5.46. The molecular formula is C12H18FN3. The minimum Gasteiger partial charge on any atom is -0.383 e. The van der Waals surface area contributed by atoms with Gasteiger partial charge in [0, 0.05) is 17.8 Å². The summed E-state index contributed by atoms with van der Waals surface area (Å²) in [6, 6.07) is 1.69. The summed E-state index contributed by atoms with van der Waals surface area (Å²) >= 11 is 0. The van der Waals surface area contributed by atoms with Gasteiger partial charge in [0.25, 0.3) is 0 Å². The Labute approximate surface area is 95.3 Å². The van der Waals surface area contributed by atoms with Crippen molar-refractivity contribution in [1.82, 2.24) is 10.3 Å². The van der Waals surface area contributed by atoms with E-state index < -0.39 is 6.17 Å². The Balaban J connectivity index is 2.22. The maximum atomic E-state index is 14.4. The van der Waals surface area contributed by atoms with Gasteiger partial charge in [0.2, 0.25) is 0 Å². The lowest BCUT2D eigenvalue weighted by molar-refractivity contribution is 0.221. The first-order valence-electron chi connectivity index (χ1n) is 5.78. The van der Waals surface area contributed by atoms with Crippen molar-refractivity contribution in [2.75, 3.05) is 12.3 Å². The van der Waals surface area contributed by atoms with Gasteiger partial charge in [-0.2, -0.15) is 0 Å². The van der Waals surface area contributed by atoms with Crippen LogP contribution < -0.4 is 11.1 Å². The minimum atomic E-state index is -1.05. The number of piperidine rings is 1. The molecule has 16 heavy (non-hydrogen) atoms. The van der Waals surface area contributed by atoms with E-state index >= 15 is 0 Å². The summed E-state index contributed by atoms with van der Waals surface area (Å²) in [4.78, 5) is 3.97. The van der Waals surface area contributed by atoms with Crippen LogP contribution in [-0.2, 0) is 0 Å². The molecule has 0 amide bonds. The number of nitrogen functional groups attached to an aromatic ring is 1. The van der Waals surface area contributed by atoms with Gasteiger partial charge in [-0.25, -0.2) is 9.37 Å². The highest BCUT2D eigenvalue weighted by Crippen LogP contribution is 2.31. The third-order valence-corrected chi connectivity index (χ3v) is 3.22. The fraction of sp³-hybridized carbons (Fsp3) is 0.583. The van der Waals surface area contributed by atoms with Crippen molar-refractivity contribution in [2.24, 2.45) is 0 Å². The molecular weight excluding hydrogens is 205 g/mol. The van der Waals surface area contributed by atoms with Crippen LogP contribution in [0.2, 0.25) is 0 Å². The molecule has 88 valence electrons. The maximum absolute atomic E-state index is 14.4. The normalized spacial score (nSPS) is 23.0. The number of halogens is 1. The molecule has 4 heteroatoms. The van der Waals surface area contributed by atoms with Crippen molar-refractivity contribution in [3.63, 3.8) is 0 Å². The molecule has 0 saturated carbocycles. The van der Waals surface area contributed by atoms with Crippen LogP contribution in [0.3, 0.4) is 0 Å². The number of anilines is 1. The molecule has 0 bridgehead atoms. The SMILES string of the molecule is Cc1ccnc(N)c1C(F)C1CCCCN1. The number of aryl methyl sites for hydroxylation is 1. The van der Waals surface area contributed by atoms with Gasteiger partial charge in [-0.05, 0) is 37.9 Å². The largest absolute Gasteiger partial charge is 0.383 e. The summed E-state index contributed by atoms with van der Waals surface area (Å²) in [6.45, 7) is 2.77. The Morgan fingerprint density at radius 1 is 1.56 bits per heavy atom. The Kier molecular flexibility index (Phi) is 3.39. The summed E-state index contributed by atoms with van der Waals surface area (Å²) in [5.41, 5.74) is 7.19. The maximum Gasteiger partial charge on any atom is 0.144 e. The van der Waals surface area contributed by atoms with E-state index in [1.807, 2.05) is 6.92 Å². The van der Waals surface area contributed by atoms with Crippen LogP contribution in [-0.4, -0.2) is 17.6 Å². The molecule has 0 spiro atoms. The van der Waals surface area contributed by atoms with Gasteiger partial charge < -0.3 is 11.1 Å². The van der Waals surface area contributed by atoms with E-state index in [0.29, 0.717) is 11.4 Å². The topological polar surface area (TPSA) is 50.9 Å². The minimum absolute atomic E-state index is 0.112. The van der Waals surface area contributed by atoms with Gasteiger partial charge in [0.1, 0.15) is 12.0 Å². The first-order chi connectivity index (χ1) is 7.70. The predicted octanol–water partition coefficient (Wildman–Crippen LogP) is 2.12. The van der Waals surface area contributed by atoms with E-state index in [0.717, 1.165) is 31.4 Å². The van der Waals surface area contributed by atoms with Gasteiger partial charge in [-0.3, -0.25) is 0 Å². The first kappa shape index (κ1) is 11.3. The molecule has 1 aromatic rings. The summed E-state index contributed by atoms with van der Waals surface area (Å²) < 4.78 is 14.4. The van der Waals surface area contributed by atoms with Crippen LogP contribution >= 0.6 is 0 Å². The van der Waals surface area contributed by atoms with E-state index in [-0.39, 0.29) is 6.04 Å². The number of hydrogen-bond donors (Lipinski definition) is 2. The zero-order valence-electron chi connectivity index (χ0n) is 9.54. The van der Waals surface area contributed by atoms with Crippen LogP contribution in [0, 0.1) is 6.92 Å². The summed E-state index contributed by atoms with van der Waals surface area (Å²) in [6.07, 6.45) is 3.65. The summed E-state index contributed by atoms with van der Waals surface area (Å²) in [5, 5.41) is 3.21. The molecule has 1 aliphatic heterocycles. The quantitative estimate of drug-likeness (QED) is 0.807. The fourth-order valence-corrected chi connectivity index (χ4v) is 2.28. The Morgan fingerprint density at radius 2 is 2.38 bits per heavy atom. The van der Waals surface area contributed by atoms with E-state index in [4.69, 9.17) is 5.73 Å². The molecule has 3 N–H and O–H groups in total. The van der Waals surface area contributed by atoms with Crippen molar-refractivity contribution >= 4 is 5.82 Å². The van der Waals surface area contributed by atoms with Gasteiger partial charge in [0.05, 0.1) is 0 Å². The molecule has 0 aliphatic carbocycles. The van der Waals surface area contributed by atoms with E-state index in [1.54, 1.807) is 12.3 Å². The number of alkyl halides is 1. The number of hydrogen-bond acceptors (Lipinski definition) is 3. The average molecular weight is 223 g/mol. The summed E-state index contributed by atoms with van der Waals surface area (Å²) in [5.74, 6) is 0.319. The van der Waals surface area contributed by atoms with Crippen molar-refractivity contribution < 1.29 is 4.39 Å². The van der Waals surface area contributed by atoms with Crippen molar-refractivity contribution in [3.05, 3.63) is 23.4 Å². The van der Waals surface area contributed by atoms with Crippen LogP contribution in [0.5, 0.6) is 0 Å². The average Bonchev–Trinajstić information content (AvgIpc) is 2.30. The Hall–Kier alpha value is -1.16. The smallest absolute Gasteiger partial charge is 0.144 e. The lowest BCUT2D eigenvalue weighted by atomic mass is 9.94. The van der Waals surface area contributed by atoms with Crippen molar-refractivity contribution in [2.45, 2.75) is 38.4 Å². The van der Waals surface area contributed by atoms with E-state index in [1.165, 1.54) is 0 Å². The van der Waals surface area contributed by atoms with E-state index in [9.17, 15) is 4.39 Å². The molecule has 0 aromatic carbocycles. The highest BCUT2D eigenvalue weighted by atomic mass is 19.1. The third kappa shape index (κ3) is 2.16. The molecule has 1 fully saturated rings. The molecule has 1 saturated heterocycles. The Morgan fingerprint density at radius 3 is 3.00 bits per heavy atom. The van der Waals surface area contributed by atoms with Gasteiger partial charge in [-0.1, -0.05) is 6.42 Å². The first-order valence-corrected chi connectivity index (χ1v) is 5.78. The molecule has 3 nitrogen and oxygen atoms in total. The molecule has 2 atom stereocenters. The Bertz CT molecular complexity index is 341. The second kappa shape index (κ2) is 4.78. The lowest BCUT2D eigenvalue weighted by Gasteiger charge is -2.27. The predicted molar refractivity (Wildman–Crippen MR) is 62.9 cm³/mol. The second-order valence-electron chi connectivity index (χ2n) is 4.38. The number of rotatable bonds is 2. The summed E-state index contributed by atoms with van der Waals surface area (Å²) in [7, 11) is 0. The second-order valence-corrected chi connectivity index (χ2v) is 4.38. The van der Waals surface area contributed by atoms with Crippen molar-refractivity contribution in [1.29, 1.82) is 0 Å². The van der Waals surface area contributed by atoms with Gasteiger partial charge in [0.15, 0.2) is 0 Å². The molecule has 2 rings (SSSR count). The number of nitrogens with zero attached hydrogens (tertiary/aromatic N) is 1. The third-order valence-electron chi connectivity index (χ3n) is 3.22. The van der Waals surface area contributed by atoms with Crippen LogP contribution in [0.4, 0.5) is 10.2 Å². The lowest BCUT2D eigenvalue weighted by Crippen LogP contribution is -2.37. The highest BCUT2D eigenvalue weighted by Gasteiger charge is 2.27. The van der Waals surface area contributed by atoms with Crippen LogP contribution in [0.25, 0.3) is 0 Å². The molecule has 2 unspecified atom stereocenters. The number of nitrogens with one attached hydrogen (secondary N) is 1. The van der Waals surface area contributed by atoms with Gasteiger partial charge in [-0.15, -0.1) is 0 Å². The molecule has 0 radical (unpaired) electrons. The molecule has 2 heterocycles. The zero-order chi connectivity index (χ0) is 11.5. The number of pyridine rings is 1. The van der Waals surface area contributed by atoms with E-state index in [2.05, 4.69) is 10.3 Å². The number of aromatic nitrogens is 1.